The van der Waals surface area contributed by atoms with Gasteiger partial charge in [-0.2, -0.15) is 0 Å². The summed E-state index contributed by atoms with van der Waals surface area (Å²) in [7, 11) is 0. The third kappa shape index (κ3) is 3.14. The van der Waals surface area contributed by atoms with Gasteiger partial charge in [0.2, 0.25) is 0 Å². The molecule has 2 heteroatoms. The van der Waals surface area contributed by atoms with Crippen molar-refractivity contribution < 1.29 is 10.2 Å². The highest BCUT2D eigenvalue weighted by atomic mass is 16.3. The first-order valence-corrected chi connectivity index (χ1v) is 10.9. The minimum Gasteiger partial charge on any atom is -0.396 e. The number of benzene rings is 1. The molecule has 2 nitrogen and oxygen atoms in total. The predicted molar refractivity (Wildman–Crippen MR) is 109 cm³/mol. The first-order valence-electron chi connectivity index (χ1n) is 10.9. The van der Waals surface area contributed by atoms with Crippen LogP contribution in [0, 0.1) is 36.0 Å². The predicted octanol–water partition coefficient (Wildman–Crippen LogP) is 4.75. The van der Waals surface area contributed by atoms with E-state index in [1.807, 2.05) is 0 Å². The Bertz CT molecular complexity index is 757. The molecule has 2 fully saturated rings. The summed E-state index contributed by atoms with van der Waals surface area (Å²) in [5.41, 5.74) is 3.91. The molecule has 0 amide bonds. The van der Waals surface area contributed by atoms with Crippen LogP contribution >= 0.6 is 0 Å². The molecular formula is C25H34O2. The summed E-state index contributed by atoms with van der Waals surface area (Å²) in [6, 6.07) is 7.06. The Hall–Kier alpha value is -1.30. The molecule has 0 heterocycles. The van der Waals surface area contributed by atoms with Crippen molar-refractivity contribution in [2.24, 2.45) is 17.3 Å². The molecule has 0 radical (unpaired) electrons. The zero-order valence-electron chi connectivity index (χ0n) is 16.9. The van der Waals surface area contributed by atoms with Crippen LogP contribution in [0.3, 0.4) is 0 Å². The van der Waals surface area contributed by atoms with Gasteiger partial charge in [-0.3, -0.25) is 0 Å². The Morgan fingerprint density at radius 2 is 2.00 bits per heavy atom. The van der Waals surface area contributed by atoms with Gasteiger partial charge < -0.3 is 10.2 Å². The van der Waals surface area contributed by atoms with Crippen LogP contribution in [0.1, 0.15) is 80.9 Å². The van der Waals surface area contributed by atoms with Gasteiger partial charge in [-0.15, -0.1) is 11.8 Å². The van der Waals surface area contributed by atoms with Crippen LogP contribution in [0.25, 0.3) is 0 Å². The Morgan fingerprint density at radius 3 is 2.81 bits per heavy atom. The van der Waals surface area contributed by atoms with E-state index < -0.39 is 5.60 Å². The molecule has 0 unspecified atom stereocenters. The smallest absolute Gasteiger partial charge is 0.0812 e. The number of aliphatic hydroxyl groups excluding tert-OH is 1. The molecule has 0 spiro atoms. The molecule has 2 saturated carbocycles. The number of unbranched alkanes of at least 4 members (excludes halogenated alkanes) is 1. The average Bonchev–Trinajstić information content (AvgIpc) is 2.92. The fourth-order valence-electron chi connectivity index (χ4n) is 6.58. The molecule has 4 rings (SSSR count). The Balaban J connectivity index is 1.54. The van der Waals surface area contributed by atoms with Crippen molar-refractivity contribution >= 4 is 0 Å². The van der Waals surface area contributed by atoms with Gasteiger partial charge in [0.1, 0.15) is 0 Å². The fraction of sp³-hybridized carbons (Fsp3) is 0.680. The van der Waals surface area contributed by atoms with Crippen molar-refractivity contribution in [3.63, 3.8) is 0 Å². The summed E-state index contributed by atoms with van der Waals surface area (Å²) in [6.45, 7) is 4.74. The molecule has 27 heavy (non-hydrogen) atoms. The van der Waals surface area contributed by atoms with Crippen molar-refractivity contribution in [2.75, 3.05) is 6.61 Å². The van der Waals surface area contributed by atoms with Crippen molar-refractivity contribution in [2.45, 2.75) is 83.2 Å². The van der Waals surface area contributed by atoms with Crippen molar-refractivity contribution in [3.05, 3.63) is 34.9 Å². The first-order chi connectivity index (χ1) is 13.0. The van der Waals surface area contributed by atoms with Gasteiger partial charge in [-0.25, -0.2) is 0 Å². The maximum atomic E-state index is 11.6. The van der Waals surface area contributed by atoms with Gasteiger partial charge in [-0.05, 0) is 80.8 Å². The number of aryl methyl sites for hydroxylation is 2. The van der Waals surface area contributed by atoms with E-state index in [0.29, 0.717) is 18.3 Å². The second kappa shape index (κ2) is 7.26. The quantitative estimate of drug-likeness (QED) is 0.599. The summed E-state index contributed by atoms with van der Waals surface area (Å²) in [6.07, 6.45) is 8.89. The average molecular weight is 367 g/mol. The van der Waals surface area contributed by atoms with E-state index in [4.69, 9.17) is 5.11 Å². The molecule has 3 aliphatic carbocycles. The normalized spacial score (nSPS) is 37.0. The third-order valence-electron chi connectivity index (χ3n) is 8.17. The van der Waals surface area contributed by atoms with Crippen LogP contribution in [-0.4, -0.2) is 22.4 Å². The van der Waals surface area contributed by atoms with E-state index >= 15 is 0 Å². The number of fused-ring (bicyclic) bond motifs is 5. The standard InChI is InChI=1S/C25H34O2/c1-18-7-9-20-19(17-18)8-10-22-21(20)11-14-24(2)23(22)12-15-25(24,27)13-5-3-4-6-16-26/h7,9,17,21-23,26-27H,4,6,8,10-16H2,1-2H3/t21-,22-,23+,24+,25+/m1/s1. The Morgan fingerprint density at radius 1 is 1.15 bits per heavy atom. The molecule has 0 bridgehead atoms. The van der Waals surface area contributed by atoms with Crippen LogP contribution in [0.4, 0.5) is 0 Å². The van der Waals surface area contributed by atoms with Crippen LogP contribution in [0.15, 0.2) is 18.2 Å². The molecule has 2 N–H and O–H groups in total. The van der Waals surface area contributed by atoms with E-state index in [-0.39, 0.29) is 12.0 Å². The molecule has 1 aromatic rings. The van der Waals surface area contributed by atoms with Crippen molar-refractivity contribution in [1.29, 1.82) is 0 Å². The summed E-state index contributed by atoms with van der Waals surface area (Å²) in [5.74, 6) is 8.42. The lowest BCUT2D eigenvalue weighted by Gasteiger charge is -2.53. The monoisotopic (exact) mass is 366 g/mol. The number of aliphatic hydroxyl groups is 2. The lowest BCUT2D eigenvalue weighted by Crippen LogP contribution is -2.50. The molecule has 0 aromatic heterocycles. The molecule has 1 aromatic carbocycles. The lowest BCUT2D eigenvalue weighted by atomic mass is 9.53. The summed E-state index contributed by atoms with van der Waals surface area (Å²) < 4.78 is 0. The highest BCUT2D eigenvalue weighted by Crippen LogP contribution is 2.64. The van der Waals surface area contributed by atoms with E-state index in [0.717, 1.165) is 38.0 Å². The highest BCUT2D eigenvalue weighted by Gasteiger charge is 2.61. The molecule has 5 atom stereocenters. The van der Waals surface area contributed by atoms with Gasteiger partial charge in [0.25, 0.3) is 0 Å². The Labute approximate surface area is 164 Å². The van der Waals surface area contributed by atoms with Crippen LogP contribution in [0.2, 0.25) is 0 Å². The van der Waals surface area contributed by atoms with E-state index in [1.54, 1.807) is 11.1 Å². The van der Waals surface area contributed by atoms with Gasteiger partial charge in [0.15, 0.2) is 0 Å². The van der Waals surface area contributed by atoms with E-state index in [2.05, 4.69) is 43.9 Å². The van der Waals surface area contributed by atoms with Crippen LogP contribution in [-0.2, 0) is 6.42 Å². The maximum absolute atomic E-state index is 11.6. The fourth-order valence-corrected chi connectivity index (χ4v) is 6.58. The Kier molecular flexibility index (Phi) is 5.12. The SMILES string of the molecule is Cc1ccc2c(c1)CC[C@@H]1[C@@H]2CC[C@@]2(C)[C@H]1CC[C@@]2(O)CC#CCCCO. The van der Waals surface area contributed by atoms with Gasteiger partial charge in [-0.1, -0.05) is 30.7 Å². The molecule has 0 aliphatic heterocycles. The van der Waals surface area contributed by atoms with E-state index in [1.165, 1.54) is 24.8 Å². The minimum atomic E-state index is -0.637. The highest BCUT2D eigenvalue weighted by molar-refractivity contribution is 5.38. The summed E-state index contributed by atoms with van der Waals surface area (Å²) >= 11 is 0. The number of hydrogen-bond donors (Lipinski definition) is 2. The second-order valence-electron chi connectivity index (χ2n) is 9.50. The van der Waals surface area contributed by atoms with Crippen molar-refractivity contribution in [1.82, 2.24) is 0 Å². The molecule has 0 saturated heterocycles. The molecular weight excluding hydrogens is 332 g/mol. The topological polar surface area (TPSA) is 40.5 Å². The first kappa shape index (κ1) is 19.0. The zero-order valence-corrected chi connectivity index (χ0v) is 16.9. The third-order valence-corrected chi connectivity index (χ3v) is 8.17. The maximum Gasteiger partial charge on any atom is 0.0812 e. The minimum absolute atomic E-state index is 0.00201. The lowest BCUT2D eigenvalue weighted by molar-refractivity contribution is -0.0990. The van der Waals surface area contributed by atoms with Crippen LogP contribution < -0.4 is 0 Å². The van der Waals surface area contributed by atoms with Gasteiger partial charge in [0.05, 0.1) is 5.60 Å². The number of hydrogen-bond acceptors (Lipinski definition) is 2. The number of rotatable bonds is 3. The molecule has 3 aliphatic rings. The zero-order chi connectivity index (χ0) is 19.1. The van der Waals surface area contributed by atoms with E-state index in [9.17, 15) is 5.11 Å². The van der Waals surface area contributed by atoms with Gasteiger partial charge >= 0.3 is 0 Å². The van der Waals surface area contributed by atoms with Crippen molar-refractivity contribution in [3.8, 4) is 11.8 Å². The van der Waals surface area contributed by atoms with Crippen LogP contribution in [0.5, 0.6) is 0 Å². The second-order valence-corrected chi connectivity index (χ2v) is 9.50. The largest absolute Gasteiger partial charge is 0.396 e. The summed E-state index contributed by atoms with van der Waals surface area (Å²) in [4.78, 5) is 0. The van der Waals surface area contributed by atoms with Gasteiger partial charge in [0, 0.05) is 24.9 Å². The molecule has 146 valence electrons. The summed E-state index contributed by atoms with van der Waals surface area (Å²) in [5, 5.41) is 20.5.